The summed E-state index contributed by atoms with van der Waals surface area (Å²) in [6.07, 6.45) is 5.89. The zero-order valence-corrected chi connectivity index (χ0v) is 18.0. The largest absolute Gasteiger partial charge is 0.508 e. The molecule has 0 bridgehead atoms. The number of phenolic OH excluding ortho intramolecular Hbond substituents is 1. The van der Waals surface area contributed by atoms with Crippen LogP contribution in [-0.4, -0.2) is 42.9 Å². The molecule has 0 heterocycles. The van der Waals surface area contributed by atoms with Gasteiger partial charge >= 0.3 is 0 Å². The van der Waals surface area contributed by atoms with Crippen LogP contribution in [0.5, 0.6) is 11.5 Å². The Kier molecular flexibility index (Phi) is 8.09. The van der Waals surface area contributed by atoms with Crippen molar-refractivity contribution in [1.29, 1.82) is 0 Å². The lowest BCUT2D eigenvalue weighted by atomic mass is 9.79. The highest BCUT2D eigenvalue weighted by Crippen LogP contribution is 2.41. The van der Waals surface area contributed by atoms with Crippen LogP contribution < -0.4 is 4.74 Å². The second-order valence-electron chi connectivity index (χ2n) is 7.73. The number of alkyl halides is 1. The summed E-state index contributed by atoms with van der Waals surface area (Å²) in [6.45, 7) is 7.02. The fourth-order valence-electron chi connectivity index (χ4n) is 4.07. The molecule has 4 heteroatoms. The van der Waals surface area contributed by atoms with Crippen LogP contribution in [0.1, 0.15) is 43.7 Å². The smallest absolute Gasteiger partial charge is 0.119 e. The number of hydrogen-bond donors (Lipinski definition) is 1. The van der Waals surface area contributed by atoms with Gasteiger partial charge in [0, 0.05) is 19.0 Å². The van der Waals surface area contributed by atoms with E-state index in [1.54, 1.807) is 6.07 Å². The van der Waals surface area contributed by atoms with Gasteiger partial charge in [-0.25, -0.2) is 0 Å². The number of nitrogens with zero attached hydrogens (tertiary/aromatic N) is 1. The number of allylic oxidation sites excluding steroid dienone is 4. The van der Waals surface area contributed by atoms with Gasteiger partial charge in [-0.05, 0) is 72.8 Å². The number of halogens is 1. The third kappa shape index (κ3) is 5.73. The summed E-state index contributed by atoms with van der Waals surface area (Å²) < 4.78 is 18.3. The quantitative estimate of drug-likeness (QED) is 0.525. The van der Waals surface area contributed by atoms with Crippen molar-refractivity contribution in [3.8, 4) is 11.5 Å². The van der Waals surface area contributed by atoms with Crippen molar-refractivity contribution in [3.63, 3.8) is 0 Å². The predicted molar refractivity (Wildman–Crippen MR) is 122 cm³/mol. The third-order valence-electron chi connectivity index (χ3n) is 5.68. The van der Waals surface area contributed by atoms with Gasteiger partial charge in [-0.15, -0.1) is 0 Å². The maximum atomic E-state index is 12.4. The zero-order chi connectivity index (χ0) is 21.3. The number of aromatic hydroxyl groups is 1. The number of hydrogen-bond acceptors (Lipinski definition) is 3. The monoisotopic (exact) mass is 409 g/mol. The second kappa shape index (κ2) is 11.0. The van der Waals surface area contributed by atoms with E-state index in [1.165, 1.54) is 16.7 Å². The van der Waals surface area contributed by atoms with Gasteiger partial charge < -0.3 is 14.7 Å². The van der Waals surface area contributed by atoms with Crippen molar-refractivity contribution in [1.82, 2.24) is 4.90 Å². The molecule has 160 valence electrons. The zero-order valence-electron chi connectivity index (χ0n) is 18.0. The predicted octanol–water partition coefficient (Wildman–Crippen LogP) is 5.97. The van der Waals surface area contributed by atoms with Crippen molar-refractivity contribution in [2.24, 2.45) is 0 Å². The Labute approximate surface area is 179 Å². The topological polar surface area (TPSA) is 32.7 Å². The van der Waals surface area contributed by atoms with Gasteiger partial charge in [-0.1, -0.05) is 43.3 Å². The van der Waals surface area contributed by atoms with Gasteiger partial charge in [-0.2, -0.15) is 0 Å². The first-order valence-corrected chi connectivity index (χ1v) is 10.8. The second-order valence-corrected chi connectivity index (χ2v) is 7.73. The molecular weight excluding hydrogens is 377 g/mol. The number of benzene rings is 2. The van der Waals surface area contributed by atoms with E-state index < -0.39 is 0 Å². The van der Waals surface area contributed by atoms with Crippen molar-refractivity contribution >= 4 is 5.57 Å². The Hall–Kier alpha value is -2.59. The summed E-state index contributed by atoms with van der Waals surface area (Å²) in [5, 5.41) is 9.93. The Morgan fingerprint density at radius 1 is 1.13 bits per heavy atom. The lowest BCUT2D eigenvalue weighted by molar-refractivity contribution is 0.209. The number of phenols is 1. The molecule has 0 saturated carbocycles. The van der Waals surface area contributed by atoms with E-state index in [4.69, 9.17) is 4.74 Å². The Morgan fingerprint density at radius 3 is 2.63 bits per heavy atom. The van der Waals surface area contributed by atoms with E-state index in [0.29, 0.717) is 13.0 Å². The molecule has 0 aromatic heterocycles. The Balaban J connectivity index is 1.67. The lowest BCUT2D eigenvalue weighted by Crippen LogP contribution is -2.29. The average Bonchev–Trinajstić information content (AvgIpc) is 2.76. The maximum absolute atomic E-state index is 12.4. The van der Waals surface area contributed by atoms with Crippen LogP contribution in [0, 0.1) is 0 Å². The minimum Gasteiger partial charge on any atom is -0.508 e. The van der Waals surface area contributed by atoms with Crippen molar-refractivity contribution in [2.75, 3.05) is 32.9 Å². The number of ether oxygens (including phenoxy) is 1. The van der Waals surface area contributed by atoms with Crippen molar-refractivity contribution in [2.45, 2.75) is 32.6 Å². The molecule has 2 aromatic rings. The maximum Gasteiger partial charge on any atom is 0.119 e. The summed E-state index contributed by atoms with van der Waals surface area (Å²) in [7, 11) is 0. The van der Waals surface area contributed by atoms with Crippen molar-refractivity contribution < 1.29 is 14.2 Å². The lowest BCUT2D eigenvalue weighted by Gasteiger charge is -2.25. The molecule has 0 aliphatic heterocycles. The molecule has 3 rings (SSSR count). The van der Waals surface area contributed by atoms with Gasteiger partial charge in [0.1, 0.15) is 18.1 Å². The molecule has 3 nitrogen and oxygen atoms in total. The first-order valence-electron chi connectivity index (χ1n) is 10.8. The first-order chi connectivity index (χ1) is 14.6. The third-order valence-corrected chi connectivity index (χ3v) is 5.68. The molecule has 0 spiro atoms. The minimum atomic E-state index is -0.270. The molecular formula is C26H32FNO2. The van der Waals surface area contributed by atoms with Crippen LogP contribution in [0.4, 0.5) is 4.39 Å². The fraction of sp³-hybridized carbons (Fsp3) is 0.385. The van der Waals surface area contributed by atoms with Crippen LogP contribution in [0.25, 0.3) is 5.57 Å². The van der Waals surface area contributed by atoms with Gasteiger partial charge in [0.15, 0.2) is 0 Å². The van der Waals surface area contributed by atoms with Crippen LogP contribution >= 0.6 is 0 Å². The van der Waals surface area contributed by atoms with E-state index in [1.807, 2.05) is 24.3 Å². The molecule has 0 amide bonds. The van der Waals surface area contributed by atoms with Gasteiger partial charge in [0.25, 0.3) is 0 Å². The van der Waals surface area contributed by atoms with E-state index in [9.17, 15) is 9.50 Å². The van der Waals surface area contributed by atoms with Crippen LogP contribution in [0.3, 0.4) is 0 Å². The number of likely N-dealkylation sites (N-methyl/N-ethyl adjacent to an activating group) is 1. The van der Waals surface area contributed by atoms with Crippen LogP contribution in [0.2, 0.25) is 0 Å². The SMILES string of the molecule is CCN(CCCF)CCOc1ccc(C2CC=CC(C)=C2c2cccc(O)c2)cc1. The highest BCUT2D eigenvalue weighted by atomic mass is 19.1. The molecule has 0 radical (unpaired) electrons. The number of rotatable bonds is 10. The first kappa shape index (κ1) is 22.1. The normalized spacial score (nSPS) is 16.3. The molecule has 2 aromatic carbocycles. The molecule has 30 heavy (non-hydrogen) atoms. The molecule has 1 aliphatic rings. The minimum absolute atomic E-state index is 0.252. The highest BCUT2D eigenvalue weighted by molar-refractivity contribution is 5.77. The molecule has 0 saturated heterocycles. The fourth-order valence-corrected chi connectivity index (χ4v) is 4.07. The molecule has 1 N–H and O–H groups in total. The molecule has 0 fully saturated rings. The van der Waals surface area contributed by atoms with Gasteiger partial charge in [0.2, 0.25) is 0 Å². The Bertz CT molecular complexity index is 873. The van der Waals surface area contributed by atoms with Gasteiger partial charge in [-0.3, -0.25) is 4.39 Å². The summed E-state index contributed by atoms with van der Waals surface area (Å²) >= 11 is 0. The molecule has 1 aliphatic carbocycles. The average molecular weight is 410 g/mol. The van der Waals surface area contributed by atoms with E-state index in [2.05, 4.69) is 49.1 Å². The summed E-state index contributed by atoms with van der Waals surface area (Å²) in [6, 6.07) is 15.8. The Morgan fingerprint density at radius 2 is 1.93 bits per heavy atom. The summed E-state index contributed by atoms with van der Waals surface area (Å²) in [5.74, 6) is 1.39. The van der Waals surface area contributed by atoms with Gasteiger partial charge in [0.05, 0.1) is 6.67 Å². The van der Waals surface area contributed by atoms with E-state index >= 15 is 0 Å². The van der Waals surface area contributed by atoms with Crippen LogP contribution in [-0.2, 0) is 0 Å². The summed E-state index contributed by atoms with van der Waals surface area (Å²) in [4.78, 5) is 2.21. The summed E-state index contributed by atoms with van der Waals surface area (Å²) in [5.41, 5.74) is 4.79. The highest BCUT2D eigenvalue weighted by Gasteiger charge is 2.22. The van der Waals surface area contributed by atoms with Crippen LogP contribution in [0.15, 0.2) is 66.3 Å². The van der Waals surface area contributed by atoms with E-state index in [-0.39, 0.29) is 18.3 Å². The molecule has 1 atom stereocenters. The molecule has 1 unspecified atom stereocenters. The van der Waals surface area contributed by atoms with Crippen molar-refractivity contribution in [3.05, 3.63) is 77.4 Å². The van der Waals surface area contributed by atoms with E-state index in [0.717, 1.165) is 37.4 Å². The standard InChI is InChI=1S/C26H32FNO2/c1-3-28(16-6-15-27)17-18-30-24-13-11-21(12-14-24)25-10-4-7-20(2)26(25)22-8-5-9-23(29)19-22/h4-5,7-9,11-14,19,25,29H,3,6,10,15-18H2,1-2H3.